The molecule has 1 unspecified atom stereocenters. The van der Waals surface area contributed by atoms with E-state index in [0.29, 0.717) is 15.6 Å². The lowest BCUT2D eigenvalue weighted by Crippen LogP contribution is -2.03. The van der Waals surface area contributed by atoms with E-state index in [1.54, 1.807) is 25.3 Å². The number of aliphatic hydroxyl groups is 1. The minimum atomic E-state index is -0.782. The zero-order chi connectivity index (χ0) is 14.0. The molecule has 1 N–H and O–H groups in total. The number of rotatable bonds is 3. The van der Waals surface area contributed by atoms with Crippen LogP contribution in [0.4, 0.5) is 0 Å². The first-order chi connectivity index (χ1) is 9.02. The third kappa shape index (κ3) is 3.03. The fourth-order valence-electron chi connectivity index (χ4n) is 1.97. The molecule has 0 aromatic heterocycles. The molecule has 0 heterocycles. The van der Waals surface area contributed by atoms with E-state index in [9.17, 15) is 5.11 Å². The summed E-state index contributed by atoms with van der Waals surface area (Å²) < 4.78 is 5.15. The molecule has 2 rings (SSSR count). The largest absolute Gasteiger partial charge is 0.497 e. The number of aryl methyl sites for hydroxylation is 1. The summed E-state index contributed by atoms with van der Waals surface area (Å²) in [7, 11) is 1.61. The second kappa shape index (κ2) is 5.83. The van der Waals surface area contributed by atoms with Gasteiger partial charge in [-0.15, -0.1) is 0 Å². The molecule has 100 valence electrons. The van der Waals surface area contributed by atoms with Gasteiger partial charge in [0, 0.05) is 15.6 Å². The van der Waals surface area contributed by atoms with Crippen molar-refractivity contribution < 1.29 is 9.84 Å². The molecular formula is C15H14Cl2O2. The minimum Gasteiger partial charge on any atom is -0.497 e. The highest BCUT2D eigenvalue weighted by Gasteiger charge is 2.16. The Morgan fingerprint density at radius 1 is 1.05 bits per heavy atom. The summed E-state index contributed by atoms with van der Waals surface area (Å²) in [6.07, 6.45) is -0.782. The van der Waals surface area contributed by atoms with Crippen LogP contribution < -0.4 is 4.74 Å². The van der Waals surface area contributed by atoms with Crippen LogP contribution >= 0.6 is 23.2 Å². The van der Waals surface area contributed by atoms with E-state index in [0.717, 1.165) is 16.9 Å². The zero-order valence-corrected chi connectivity index (χ0v) is 12.2. The molecule has 2 aromatic rings. The van der Waals surface area contributed by atoms with Gasteiger partial charge in [-0.1, -0.05) is 35.3 Å². The summed E-state index contributed by atoms with van der Waals surface area (Å²) in [5.41, 5.74) is 2.38. The highest BCUT2D eigenvalue weighted by molar-refractivity contribution is 6.35. The summed E-state index contributed by atoms with van der Waals surface area (Å²) >= 11 is 12.0. The van der Waals surface area contributed by atoms with Crippen LogP contribution in [0.2, 0.25) is 10.0 Å². The number of hydrogen-bond acceptors (Lipinski definition) is 2. The van der Waals surface area contributed by atoms with Gasteiger partial charge in [0.1, 0.15) is 11.9 Å². The Labute approximate surface area is 122 Å². The first-order valence-corrected chi connectivity index (χ1v) is 6.56. The van der Waals surface area contributed by atoms with Crippen molar-refractivity contribution >= 4 is 23.2 Å². The van der Waals surface area contributed by atoms with Crippen molar-refractivity contribution in [3.63, 3.8) is 0 Å². The molecule has 0 aliphatic carbocycles. The maximum Gasteiger partial charge on any atom is 0.119 e. The van der Waals surface area contributed by atoms with Crippen molar-refractivity contribution in [1.29, 1.82) is 0 Å². The first kappa shape index (κ1) is 14.2. The van der Waals surface area contributed by atoms with Crippen LogP contribution in [0.1, 0.15) is 22.8 Å². The van der Waals surface area contributed by atoms with Crippen molar-refractivity contribution in [3.05, 3.63) is 63.1 Å². The molecule has 2 aromatic carbocycles. The van der Waals surface area contributed by atoms with Gasteiger partial charge in [-0.25, -0.2) is 0 Å². The molecule has 0 fully saturated rings. The second-order valence-corrected chi connectivity index (χ2v) is 5.13. The van der Waals surface area contributed by atoms with Crippen LogP contribution in [0.3, 0.4) is 0 Å². The molecular weight excluding hydrogens is 283 g/mol. The summed E-state index contributed by atoms with van der Waals surface area (Å²) in [5.74, 6) is 0.760. The highest BCUT2D eigenvalue weighted by Crippen LogP contribution is 2.32. The number of aliphatic hydroxyl groups excluding tert-OH is 1. The van der Waals surface area contributed by atoms with Gasteiger partial charge in [-0.3, -0.25) is 0 Å². The zero-order valence-electron chi connectivity index (χ0n) is 10.7. The number of ether oxygens (including phenoxy) is 1. The lowest BCUT2D eigenvalue weighted by molar-refractivity contribution is 0.219. The van der Waals surface area contributed by atoms with Gasteiger partial charge in [-0.05, 0) is 42.3 Å². The van der Waals surface area contributed by atoms with Gasteiger partial charge >= 0.3 is 0 Å². The smallest absolute Gasteiger partial charge is 0.119 e. The fourth-order valence-corrected chi connectivity index (χ4v) is 2.48. The summed E-state index contributed by atoms with van der Waals surface area (Å²) in [6, 6.07) is 10.6. The molecule has 0 bridgehead atoms. The third-order valence-electron chi connectivity index (χ3n) is 3.03. The Bertz CT molecular complexity index is 597. The van der Waals surface area contributed by atoms with Crippen LogP contribution in [0.15, 0.2) is 36.4 Å². The van der Waals surface area contributed by atoms with Crippen molar-refractivity contribution in [1.82, 2.24) is 0 Å². The number of benzene rings is 2. The van der Waals surface area contributed by atoms with Crippen LogP contribution in [0.25, 0.3) is 0 Å². The quantitative estimate of drug-likeness (QED) is 0.910. The lowest BCUT2D eigenvalue weighted by atomic mass is 9.97. The molecule has 4 heteroatoms. The maximum atomic E-state index is 10.4. The Balaban J connectivity index is 2.41. The van der Waals surface area contributed by atoms with E-state index in [1.807, 2.05) is 25.1 Å². The predicted molar refractivity (Wildman–Crippen MR) is 78.3 cm³/mol. The van der Waals surface area contributed by atoms with Crippen LogP contribution in [0, 0.1) is 6.92 Å². The Morgan fingerprint density at radius 2 is 1.74 bits per heavy atom. The highest BCUT2D eigenvalue weighted by atomic mass is 35.5. The van der Waals surface area contributed by atoms with E-state index in [-0.39, 0.29) is 0 Å². The molecule has 0 aliphatic heterocycles. The Morgan fingerprint density at radius 3 is 2.32 bits per heavy atom. The van der Waals surface area contributed by atoms with Crippen molar-refractivity contribution in [2.24, 2.45) is 0 Å². The molecule has 0 spiro atoms. The van der Waals surface area contributed by atoms with E-state index >= 15 is 0 Å². The molecule has 19 heavy (non-hydrogen) atoms. The molecule has 1 atom stereocenters. The predicted octanol–water partition coefficient (Wildman–Crippen LogP) is 4.39. The molecule has 0 saturated carbocycles. The monoisotopic (exact) mass is 296 g/mol. The van der Waals surface area contributed by atoms with E-state index in [2.05, 4.69) is 0 Å². The van der Waals surface area contributed by atoms with E-state index < -0.39 is 6.10 Å². The lowest BCUT2D eigenvalue weighted by Gasteiger charge is -2.16. The average molecular weight is 297 g/mol. The van der Waals surface area contributed by atoms with Gasteiger partial charge in [0.15, 0.2) is 0 Å². The molecule has 0 saturated heterocycles. The van der Waals surface area contributed by atoms with E-state index in [1.165, 1.54) is 0 Å². The van der Waals surface area contributed by atoms with Crippen molar-refractivity contribution in [2.75, 3.05) is 7.11 Å². The van der Waals surface area contributed by atoms with Gasteiger partial charge in [0.2, 0.25) is 0 Å². The van der Waals surface area contributed by atoms with Crippen molar-refractivity contribution in [3.8, 4) is 5.75 Å². The average Bonchev–Trinajstić information content (AvgIpc) is 2.37. The first-order valence-electron chi connectivity index (χ1n) is 5.80. The van der Waals surface area contributed by atoms with Gasteiger partial charge in [0.05, 0.1) is 7.11 Å². The number of halogens is 2. The standard InChI is InChI=1S/C15H14Cl2O2/c1-9-7-11(19-2)4-6-12(9)15(18)13-5-3-10(16)8-14(13)17/h3-8,15,18H,1-2H3. The molecule has 0 aliphatic rings. The van der Waals surface area contributed by atoms with Gasteiger partial charge < -0.3 is 9.84 Å². The molecule has 2 nitrogen and oxygen atoms in total. The van der Waals surface area contributed by atoms with Crippen LogP contribution in [0.5, 0.6) is 5.75 Å². The number of hydrogen-bond donors (Lipinski definition) is 1. The van der Waals surface area contributed by atoms with E-state index in [4.69, 9.17) is 27.9 Å². The van der Waals surface area contributed by atoms with Gasteiger partial charge in [-0.2, -0.15) is 0 Å². The van der Waals surface area contributed by atoms with Crippen LogP contribution in [-0.2, 0) is 0 Å². The Hall–Kier alpha value is -1.22. The topological polar surface area (TPSA) is 29.5 Å². The maximum absolute atomic E-state index is 10.4. The van der Waals surface area contributed by atoms with Gasteiger partial charge in [0.25, 0.3) is 0 Å². The van der Waals surface area contributed by atoms with Crippen LogP contribution in [-0.4, -0.2) is 12.2 Å². The normalized spacial score (nSPS) is 12.3. The second-order valence-electron chi connectivity index (χ2n) is 4.29. The van der Waals surface area contributed by atoms with Crippen molar-refractivity contribution in [2.45, 2.75) is 13.0 Å². The fraction of sp³-hybridized carbons (Fsp3) is 0.200. The minimum absolute atomic E-state index is 0.454. The molecule has 0 radical (unpaired) electrons. The third-order valence-corrected chi connectivity index (χ3v) is 3.59. The number of methoxy groups -OCH3 is 1. The SMILES string of the molecule is COc1ccc(C(O)c2ccc(Cl)cc2Cl)c(C)c1. The summed E-state index contributed by atoms with van der Waals surface area (Å²) in [4.78, 5) is 0. The summed E-state index contributed by atoms with van der Waals surface area (Å²) in [6.45, 7) is 1.92. The Kier molecular flexibility index (Phi) is 4.35. The molecule has 0 amide bonds. The summed E-state index contributed by atoms with van der Waals surface area (Å²) in [5, 5.41) is 11.4.